The molecule has 1 saturated heterocycles. The normalized spacial score (nSPS) is 12.3. The number of anilines is 1. The zero-order chi connectivity index (χ0) is 20.5. The minimum Gasteiger partial charge on any atom is -0.294 e. The predicted molar refractivity (Wildman–Crippen MR) is 114 cm³/mol. The van der Waals surface area contributed by atoms with Crippen molar-refractivity contribution in [2.75, 3.05) is 11.4 Å². The first-order valence-corrected chi connectivity index (χ1v) is 9.78. The van der Waals surface area contributed by atoms with Gasteiger partial charge in [-0.3, -0.25) is 15.0 Å². The Hall–Kier alpha value is -2.10. The Bertz CT molecular complexity index is 539. The van der Waals surface area contributed by atoms with Gasteiger partial charge in [-0.1, -0.05) is 60.1 Å². The van der Waals surface area contributed by atoms with Crippen molar-refractivity contribution in [2.24, 2.45) is 0 Å². The maximum Gasteiger partial charge on any atom is 0.328 e. The quantitative estimate of drug-likeness (QED) is 0.681. The molecular formula is C22H38N2O2. The number of carbonyl (C=O) groups is 2. The molecule has 0 aromatic heterocycles. The second-order valence-electron chi connectivity index (χ2n) is 5.53. The topological polar surface area (TPSA) is 49.4 Å². The van der Waals surface area contributed by atoms with Crippen molar-refractivity contribution in [1.82, 2.24) is 5.32 Å². The highest BCUT2D eigenvalue weighted by molar-refractivity contribution is 6.05. The molecule has 148 valence electrons. The van der Waals surface area contributed by atoms with Gasteiger partial charge >= 0.3 is 6.03 Å². The van der Waals surface area contributed by atoms with Gasteiger partial charge in [0.25, 0.3) is 0 Å². The minimum atomic E-state index is -0.322. The van der Waals surface area contributed by atoms with Crippen LogP contribution in [-0.4, -0.2) is 18.5 Å². The van der Waals surface area contributed by atoms with E-state index in [1.54, 1.807) is 11.0 Å². The minimum absolute atomic E-state index is 0.197. The van der Waals surface area contributed by atoms with E-state index in [0.29, 0.717) is 13.0 Å². The van der Waals surface area contributed by atoms with E-state index in [9.17, 15) is 9.59 Å². The SMILES string of the molecule is C=CC.CC.CCC.CCc1ccc(N2CCC(=O)NC2=O)cc1CC. The van der Waals surface area contributed by atoms with Crippen molar-refractivity contribution >= 4 is 17.6 Å². The van der Waals surface area contributed by atoms with Gasteiger partial charge < -0.3 is 0 Å². The fourth-order valence-corrected chi connectivity index (χ4v) is 2.26. The Balaban J connectivity index is 0. The van der Waals surface area contributed by atoms with Gasteiger partial charge in [0, 0.05) is 18.7 Å². The summed E-state index contributed by atoms with van der Waals surface area (Å²) in [5.41, 5.74) is 3.45. The van der Waals surface area contributed by atoms with Crippen molar-refractivity contribution in [1.29, 1.82) is 0 Å². The third-order valence-corrected chi connectivity index (χ3v) is 3.32. The summed E-state index contributed by atoms with van der Waals surface area (Å²) in [6.45, 7) is 18.2. The van der Waals surface area contributed by atoms with Crippen LogP contribution in [-0.2, 0) is 17.6 Å². The first kappa shape index (κ1) is 26.1. The molecule has 1 fully saturated rings. The maximum atomic E-state index is 11.8. The highest BCUT2D eigenvalue weighted by Gasteiger charge is 2.24. The number of imide groups is 1. The molecule has 1 aromatic carbocycles. The molecule has 0 spiro atoms. The van der Waals surface area contributed by atoms with Crippen molar-refractivity contribution in [3.63, 3.8) is 0 Å². The van der Waals surface area contributed by atoms with E-state index in [-0.39, 0.29) is 11.9 Å². The lowest BCUT2D eigenvalue weighted by molar-refractivity contribution is -0.120. The summed E-state index contributed by atoms with van der Waals surface area (Å²) >= 11 is 0. The van der Waals surface area contributed by atoms with Crippen molar-refractivity contribution in [2.45, 2.75) is 74.1 Å². The molecule has 0 saturated carbocycles. The zero-order valence-corrected chi connectivity index (χ0v) is 17.8. The molecule has 3 amide bonds. The van der Waals surface area contributed by atoms with Crippen LogP contribution in [0.1, 0.15) is 72.4 Å². The largest absolute Gasteiger partial charge is 0.328 e. The van der Waals surface area contributed by atoms with Gasteiger partial charge in [0.15, 0.2) is 0 Å². The molecule has 0 atom stereocenters. The van der Waals surface area contributed by atoms with Crippen LogP contribution in [0.2, 0.25) is 0 Å². The summed E-state index contributed by atoms with van der Waals surface area (Å²) < 4.78 is 0. The van der Waals surface area contributed by atoms with Crippen LogP contribution in [0.25, 0.3) is 0 Å². The Morgan fingerprint density at radius 3 is 2.00 bits per heavy atom. The molecular weight excluding hydrogens is 324 g/mol. The summed E-state index contributed by atoms with van der Waals surface area (Å²) in [6.07, 6.45) is 5.31. The second-order valence-corrected chi connectivity index (χ2v) is 5.53. The van der Waals surface area contributed by atoms with Crippen LogP contribution in [0.3, 0.4) is 0 Å². The number of allylic oxidation sites excluding steroid dienone is 1. The number of amides is 3. The van der Waals surface area contributed by atoms with Gasteiger partial charge in [-0.15, -0.1) is 6.58 Å². The summed E-state index contributed by atoms with van der Waals surface area (Å²) in [5, 5.41) is 2.34. The molecule has 1 N–H and O–H groups in total. The van der Waals surface area contributed by atoms with Gasteiger partial charge in [0.05, 0.1) is 0 Å². The number of rotatable bonds is 3. The summed E-state index contributed by atoms with van der Waals surface area (Å²) in [4.78, 5) is 24.5. The average Bonchev–Trinajstić information content (AvgIpc) is 2.64. The molecule has 1 aliphatic heterocycles. The number of hydrogen-bond acceptors (Lipinski definition) is 2. The van der Waals surface area contributed by atoms with Gasteiger partial charge in [-0.25, -0.2) is 4.79 Å². The highest BCUT2D eigenvalue weighted by Crippen LogP contribution is 2.22. The lowest BCUT2D eigenvalue weighted by Crippen LogP contribution is -2.49. The highest BCUT2D eigenvalue weighted by atomic mass is 16.2. The van der Waals surface area contributed by atoms with Gasteiger partial charge in [0.1, 0.15) is 0 Å². The van der Waals surface area contributed by atoms with Crippen molar-refractivity contribution in [3.8, 4) is 0 Å². The standard InChI is InChI=1S/C14H18N2O2.C3H8.C3H6.C2H6/c1-3-10-5-6-12(9-11(10)4-2)16-8-7-13(17)15-14(16)18;2*1-3-2;1-2/h5-6,9H,3-4,7-8H2,1-2H3,(H,15,17,18);3H2,1-2H3;3H,1H2,2H3;1-2H3. The van der Waals surface area contributed by atoms with Gasteiger partial charge in [-0.05, 0) is 43.0 Å². The molecule has 4 nitrogen and oxygen atoms in total. The lowest BCUT2D eigenvalue weighted by atomic mass is 10.0. The Labute approximate surface area is 160 Å². The summed E-state index contributed by atoms with van der Waals surface area (Å²) in [7, 11) is 0. The number of benzene rings is 1. The number of urea groups is 1. The first-order chi connectivity index (χ1) is 12.5. The third kappa shape index (κ3) is 9.40. The van der Waals surface area contributed by atoms with Crippen LogP contribution < -0.4 is 10.2 Å². The fourth-order valence-electron chi connectivity index (χ4n) is 2.26. The van der Waals surface area contributed by atoms with Crippen molar-refractivity contribution < 1.29 is 9.59 Å². The summed E-state index contributed by atoms with van der Waals surface area (Å²) in [6, 6.07) is 5.75. The van der Waals surface area contributed by atoms with Gasteiger partial charge in [-0.2, -0.15) is 0 Å². The molecule has 0 unspecified atom stereocenters. The Morgan fingerprint density at radius 2 is 1.58 bits per heavy atom. The number of nitrogens with zero attached hydrogens (tertiary/aromatic N) is 1. The lowest BCUT2D eigenvalue weighted by Gasteiger charge is -2.27. The molecule has 26 heavy (non-hydrogen) atoms. The fraction of sp³-hybridized carbons (Fsp3) is 0.545. The van der Waals surface area contributed by atoms with Gasteiger partial charge in [0.2, 0.25) is 5.91 Å². The Morgan fingerprint density at radius 1 is 1.08 bits per heavy atom. The van der Waals surface area contributed by atoms with E-state index in [0.717, 1.165) is 18.5 Å². The number of nitrogens with one attached hydrogen (secondary N) is 1. The molecule has 1 heterocycles. The molecule has 1 aliphatic rings. The van der Waals surface area contributed by atoms with E-state index in [2.05, 4.69) is 45.7 Å². The van der Waals surface area contributed by atoms with Crippen LogP contribution >= 0.6 is 0 Å². The molecule has 2 rings (SSSR count). The molecule has 4 heteroatoms. The zero-order valence-electron chi connectivity index (χ0n) is 17.8. The summed E-state index contributed by atoms with van der Waals surface area (Å²) in [5.74, 6) is -0.197. The predicted octanol–water partition coefficient (Wildman–Crippen LogP) is 5.89. The molecule has 0 aliphatic carbocycles. The van der Waals surface area contributed by atoms with Crippen LogP contribution in [0.15, 0.2) is 30.9 Å². The number of carbonyl (C=O) groups excluding carboxylic acids is 2. The number of hydrogen-bond donors (Lipinski definition) is 1. The Kier molecular flexibility index (Phi) is 16.5. The van der Waals surface area contributed by atoms with E-state index >= 15 is 0 Å². The smallest absolute Gasteiger partial charge is 0.294 e. The maximum absolute atomic E-state index is 11.8. The van der Waals surface area contributed by atoms with E-state index in [1.165, 1.54) is 17.5 Å². The average molecular weight is 363 g/mol. The third-order valence-electron chi connectivity index (χ3n) is 3.32. The van der Waals surface area contributed by atoms with Crippen LogP contribution in [0.5, 0.6) is 0 Å². The molecule has 1 aromatic rings. The monoisotopic (exact) mass is 362 g/mol. The first-order valence-electron chi connectivity index (χ1n) is 9.78. The van der Waals surface area contributed by atoms with E-state index in [4.69, 9.17) is 0 Å². The second kappa shape index (κ2) is 16.4. The molecule has 0 bridgehead atoms. The molecule has 0 radical (unpaired) electrons. The van der Waals surface area contributed by atoms with E-state index < -0.39 is 0 Å². The van der Waals surface area contributed by atoms with Crippen molar-refractivity contribution in [3.05, 3.63) is 42.0 Å². The van der Waals surface area contributed by atoms with E-state index in [1.807, 2.05) is 32.9 Å². The van der Waals surface area contributed by atoms with Crippen LogP contribution in [0, 0.1) is 0 Å². The number of aryl methyl sites for hydroxylation is 2. The van der Waals surface area contributed by atoms with Crippen LogP contribution in [0.4, 0.5) is 10.5 Å².